The molecule has 1 saturated heterocycles. The standard InChI is InChI=1S/C7H15NO2/c1-7(4-10-5-7)6(9)2-3-8/h6,9H,2-5,8H2,1H3/t6-/m1/s1. The van der Waals surface area contributed by atoms with E-state index in [-0.39, 0.29) is 11.5 Å². The first-order chi connectivity index (χ1) is 4.69. The van der Waals surface area contributed by atoms with Crippen molar-refractivity contribution in [1.82, 2.24) is 0 Å². The summed E-state index contributed by atoms with van der Waals surface area (Å²) in [6, 6.07) is 0. The Bertz CT molecular complexity index is 112. The highest BCUT2D eigenvalue weighted by Gasteiger charge is 2.39. The van der Waals surface area contributed by atoms with Crippen molar-refractivity contribution in [3.8, 4) is 0 Å². The van der Waals surface area contributed by atoms with Gasteiger partial charge in [0, 0.05) is 5.41 Å². The van der Waals surface area contributed by atoms with Gasteiger partial charge in [0.1, 0.15) is 0 Å². The quantitative estimate of drug-likeness (QED) is 0.575. The van der Waals surface area contributed by atoms with E-state index in [1.807, 2.05) is 6.92 Å². The van der Waals surface area contributed by atoms with Crippen molar-refractivity contribution in [2.24, 2.45) is 11.1 Å². The van der Waals surface area contributed by atoms with E-state index in [4.69, 9.17) is 10.5 Å². The van der Waals surface area contributed by atoms with E-state index in [1.165, 1.54) is 0 Å². The predicted octanol–water partition coefficient (Wildman–Crippen LogP) is -0.267. The molecule has 3 N–H and O–H groups in total. The average molecular weight is 145 g/mol. The average Bonchev–Trinajstić information content (AvgIpc) is 1.83. The van der Waals surface area contributed by atoms with Crippen LogP contribution in [0.25, 0.3) is 0 Å². The molecule has 1 atom stereocenters. The second-order valence-electron chi connectivity index (χ2n) is 3.24. The minimum atomic E-state index is -0.286. The summed E-state index contributed by atoms with van der Waals surface area (Å²) in [5, 5.41) is 9.47. The van der Waals surface area contributed by atoms with Crippen molar-refractivity contribution >= 4 is 0 Å². The lowest BCUT2D eigenvalue weighted by atomic mass is 9.81. The highest BCUT2D eigenvalue weighted by atomic mass is 16.5. The fourth-order valence-corrected chi connectivity index (χ4v) is 1.12. The molecule has 0 amide bonds. The van der Waals surface area contributed by atoms with Gasteiger partial charge in [-0.3, -0.25) is 0 Å². The monoisotopic (exact) mass is 145 g/mol. The maximum absolute atomic E-state index is 9.47. The third-order valence-corrected chi connectivity index (χ3v) is 2.11. The normalized spacial score (nSPS) is 25.5. The Balaban J connectivity index is 2.31. The second-order valence-corrected chi connectivity index (χ2v) is 3.24. The first-order valence-corrected chi connectivity index (χ1v) is 3.65. The summed E-state index contributed by atoms with van der Waals surface area (Å²) >= 11 is 0. The van der Waals surface area contributed by atoms with E-state index in [0.29, 0.717) is 26.2 Å². The molecule has 0 aromatic heterocycles. The molecule has 0 spiro atoms. The summed E-state index contributed by atoms with van der Waals surface area (Å²) < 4.78 is 5.00. The molecule has 1 rings (SSSR count). The number of hydrogen-bond donors (Lipinski definition) is 2. The lowest BCUT2D eigenvalue weighted by Crippen LogP contribution is -2.49. The number of ether oxygens (including phenoxy) is 1. The Kier molecular flexibility index (Phi) is 2.28. The molecule has 0 aromatic rings. The minimum absolute atomic E-state index is 0.0145. The van der Waals surface area contributed by atoms with Crippen molar-refractivity contribution in [1.29, 1.82) is 0 Å². The molecule has 0 radical (unpaired) electrons. The second kappa shape index (κ2) is 2.86. The maximum atomic E-state index is 9.47. The Morgan fingerprint density at radius 3 is 2.60 bits per heavy atom. The molecular formula is C7H15NO2. The van der Waals surface area contributed by atoms with Gasteiger partial charge in [-0.2, -0.15) is 0 Å². The number of aliphatic hydroxyl groups excluding tert-OH is 1. The van der Waals surface area contributed by atoms with Gasteiger partial charge in [-0.1, -0.05) is 6.92 Å². The molecule has 0 aromatic carbocycles. The molecule has 0 aliphatic carbocycles. The van der Waals surface area contributed by atoms with Crippen LogP contribution in [0, 0.1) is 5.41 Å². The fourth-order valence-electron chi connectivity index (χ4n) is 1.12. The smallest absolute Gasteiger partial charge is 0.0650 e. The molecule has 0 bridgehead atoms. The van der Waals surface area contributed by atoms with Crippen LogP contribution in [0.5, 0.6) is 0 Å². The molecule has 60 valence electrons. The van der Waals surface area contributed by atoms with Crippen molar-refractivity contribution in [2.45, 2.75) is 19.4 Å². The summed E-state index contributed by atoms with van der Waals surface area (Å²) in [6.07, 6.45) is 0.395. The summed E-state index contributed by atoms with van der Waals surface area (Å²) in [5.41, 5.74) is 5.29. The molecule has 0 unspecified atom stereocenters. The van der Waals surface area contributed by atoms with Crippen LogP contribution < -0.4 is 5.73 Å². The lowest BCUT2D eigenvalue weighted by molar-refractivity contribution is -0.161. The van der Waals surface area contributed by atoms with E-state index >= 15 is 0 Å². The van der Waals surface area contributed by atoms with Gasteiger partial charge in [-0.25, -0.2) is 0 Å². The van der Waals surface area contributed by atoms with Crippen LogP contribution >= 0.6 is 0 Å². The zero-order valence-electron chi connectivity index (χ0n) is 6.34. The summed E-state index contributed by atoms with van der Waals surface area (Å²) in [6.45, 7) is 3.93. The molecule has 3 nitrogen and oxygen atoms in total. The van der Waals surface area contributed by atoms with Gasteiger partial charge in [0.25, 0.3) is 0 Å². The van der Waals surface area contributed by atoms with E-state index in [9.17, 15) is 5.11 Å². The minimum Gasteiger partial charge on any atom is -0.392 e. The van der Waals surface area contributed by atoms with E-state index in [0.717, 1.165) is 0 Å². The first kappa shape index (κ1) is 7.98. The van der Waals surface area contributed by atoms with Crippen LogP contribution in [0.15, 0.2) is 0 Å². The number of hydrogen-bond acceptors (Lipinski definition) is 3. The van der Waals surface area contributed by atoms with E-state index in [2.05, 4.69) is 0 Å². The molecule has 0 saturated carbocycles. The van der Waals surface area contributed by atoms with Crippen LogP contribution in [0.3, 0.4) is 0 Å². The Hall–Kier alpha value is -0.120. The topological polar surface area (TPSA) is 55.5 Å². The zero-order chi connectivity index (χ0) is 7.61. The molecule has 1 aliphatic rings. The Morgan fingerprint density at radius 2 is 2.30 bits per heavy atom. The number of aliphatic hydroxyl groups is 1. The van der Waals surface area contributed by atoms with Crippen LogP contribution in [0.4, 0.5) is 0 Å². The highest BCUT2D eigenvalue weighted by Crippen LogP contribution is 2.31. The van der Waals surface area contributed by atoms with Crippen LogP contribution in [-0.4, -0.2) is 31.0 Å². The molecule has 1 aliphatic heterocycles. The first-order valence-electron chi connectivity index (χ1n) is 3.65. The van der Waals surface area contributed by atoms with Gasteiger partial charge in [0.05, 0.1) is 19.3 Å². The van der Waals surface area contributed by atoms with Crippen LogP contribution in [-0.2, 0) is 4.74 Å². The summed E-state index contributed by atoms with van der Waals surface area (Å²) in [5.74, 6) is 0. The van der Waals surface area contributed by atoms with Crippen molar-refractivity contribution < 1.29 is 9.84 Å². The number of rotatable bonds is 3. The van der Waals surface area contributed by atoms with Crippen molar-refractivity contribution in [3.63, 3.8) is 0 Å². The van der Waals surface area contributed by atoms with Gasteiger partial charge in [-0.15, -0.1) is 0 Å². The van der Waals surface area contributed by atoms with Crippen LogP contribution in [0.2, 0.25) is 0 Å². The van der Waals surface area contributed by atoms with Gasteiger partial charge in [-0.05, 0) is 13.0 Å². The largest absolute Gasteiger partial charge is 0.392 e. The summed E-state index contributed by atoms with van der Waals surface area (Å²) in [7, 11) is 0. The van der Waals surface area contributed by atoms with Crippen molar-refractivity contribution in [2.75, 3.05) is 19.8 Å². The van der Waals surface area contributed by atoms with E-state index < -0.39 is 0 Å². The molecule has 1 heterocycles. The third kappa shape index (κ3) is 1.31. The lowest BCUT2D eigenvalue weighted by Gasteiger charge is -2.41. The Labute approximate surface area is 61.2 Å². The SMILES string of the molecule is CC1([C@H](O)CCN)COC1. The maximum Gasteiger partial charge on any atom is 0.0650 e. The molecular weight excluding hydrogens is 130 g/mol. The number of nitrogens with two attached hydrogens (primary N) is 1. The Morgan fingerprint density at radius 1 is 1.70 bits per heavy atom. The predicted molar refractivity (Wildman–Crippen MR) is 38.6 cm³/mol. The van der Waals surface area contributed by atoms with Crippen LogP contribution in [0.1, 0.15) is 13.3 Å². The van der Waals surface area contributed by atoms with Gasteiger partial charge in [0.15, 0.2) is 0 Å². The molecule has 3 heteroatoms. The van der Waals surface area contributed by atoms with Gasteiger partial charge >= 0.3 is 0 Å². The molecule has 10 heavy (non-hydrogen) atoms. The third-order valence-electron chi connectivity index (χ3n) is 2.11. The zero-order valence-corrected chi connectivity index (χ0v) is 6.34. The van der Waals surface area contributed by atoms with Gasteiger partial charge in [0.2, 0.25) is 0 Å². The molecule has 1 fully saturated rings. The van der Waals surface area contributed by atoms with E-state index in [1.54, 1.807) is 0 Å². The summed E-state index contributed by atoms with van der Waals surface area (Å²) in [4.78, 5) is 0. The van der Waals surface area contributed by atoms with Crippen molar-refractivity contribution in [3.05, 3.63) is 0 Å². The highest BCUT2D eigenvalue weighted by molar-refractivity contribution is 4.87. The van der Waals surface area contributed by atoms with Gasteiger partial charge < -0.3 is 15.6 Å². The fraction of sp³-hybridized carbons (Fsp3) is 1.00.